The van der Waals surface area contributed by atoms with E-state index in [9.17, 15) is 0 Å². The SMILES string of the molecule is CC(C)n1ncc(Br)c1CCC(Cl)C1CC1. The maximum Gasteiger partial charge on any atom is 0.0635 e. The van der Waals surface area contributed by atoms with Gasteiger partial charge in [0.05, 0.1) is 16.4 Å². The number of hydrogen-bond donors (Lipinski definition) is 0. The van der Waals surface area contributed by atoms with Crippen LogP contribution < -0.4 is 0 Å². The second-order valence-electron chi connectivity index (χ2n) is 4.87. The quantitative estimate of drug-likeness (QED) is 0.746. The largest absolute Gasteiger partial charge is 0.266 e. The molecule has 16 heavy (non-hydrogen) atoms. The van der Waals surface area contributed by atoms with Crippen molar-refractivity contribution in [3.63, 3.8) is 0 Å². The lowest BCUT2D eigenvalue weighted by atomic mass is 10.1. The topological polar surface area (TPSA) is 17.8 Å². The van der Waals surface area contributed by atoms with E-state index in [1.165, 1.54) is 18.5 Å². The van der Waals surface area contributed by atoms with Crippen molar-refractivity contribution in [3.8, 4) is 0 Å². The number of halogens is 2. The van der Waals surface area contributed by atoms with E-state index in [4.69, 9.17) is 11.6 Å². The van der Waals surface area contributed by atoms with Crippen molar-refractivity contribution in [1.82, 2.24) is 9.78 Å². The first-order chi connectivity index (χ1) is 7.59. The number of aromatic nitrogens is 2. The molecule has 1 aliphatic carbocycles. The van der Waals surface area contributed by atoms with Crippen molar-refractivity contribution in [2.75, 3.05) is 0 Å². The Morgan fingerprint density at radius 2 is 2.25 bits per heavy atom. The fourth-order valence-corrected chi connectivity index (χ4v) is 2.85. The highest BCUT2D eigenvalue weighted by molar-refractivity contribution is 9.10. The molecule has 4 heteroatoms. The van der Waals surface area contributed by atoms with E-state index in [-0.39, 0.29) is 0 Å². The third kappa shape index (κ3) is 2.80. The fourth-order valence-electron chi connectivity index (χ4n) is 2.01. The van der Waals surface area contributed by atoms with Crippen LogP contribution in [0.2, 0.25) is 0 Å². The first kappa shape index (κ1) is 12.4. The summed E-state index contributed by atoms with van der Waals surface area (Å²) in [4.78, 5) is 0. The molecule has 0 spiro atoms. The maximum atomic E-state index is 6.33. The molecule has 1 aromatic heterocycles. The normalized spacial score (nSPS) is 18.1. The summed E-state index contributed by atoms with van der Waals surface area (Å²) in [6.45, 7) is 4.31. The van der Waals surface area contributed by atoms with Crippen molar-refractivity contribution in [2.24, 2.45) is 5.92 Å². The molecule has 2 nitrogen and oxygen atoms in total. The van der Waals surface area contributed by atoms with Crippen LogP contribution in [0.15, 0.2) is 10.7 Å². The van der Waals surface area contributed by atoms with Gasteiger partial charge in [0.2, 0.25) is 0 Å². The van der Waals surface area contributed by atoms with Crippen LogP contribution in [0.1, 0.15) is 44.8 Å². The number of alkyl halides is 1. The monoisotopic (exact) mass is 304 g/mol. The molecular weight excluding hydrogens is 288 g/mol. The first-order valence-electron chi connectivity index (χ1n) is 5.95. The summed E-state index contributed by atoms with van der Waals surface area (Å²) in [5.41, 5.74) is 1.28. The predicted octanol–water partition coefficient (Wildman–Crippen LogP) is 4.18. The van der Waals surface area contributed by atoms with Crippen molar-refractivity contribution in [1.29, 1.82) is 0 Å². The summed E-state index contributed by atoms with van der Waals surface area (Å²) in [6.07, 6.45) is 6.60. The van der Waals surface area contributed by atoms with Gasteiger partial charge in [-0.05, 0) is 61.4 Å². The molecule has 1 atom stereocenters. The van der Waals surface area contributed by atoms with Gasteiger partial charge in [0.1, 0.15) is 0 Å². The van der Waals surface area contributed by atoms with E-state index >= 15 is 0 Å². The van der Waals surface area contributed by atoms with E-state index in [1.807, 2.05) is 6.20 Å². The lowest BCUT2D eigenvalue weighted by molar-refractivity contribution is 0.500. The molecule has 90 valence electrons. The number of hydrogen-bond acceptors (Lipinski definition) is 1. The van der Waals surface area contributed by atoms with Gasteiger partial charge < -0.3 is 0 Å². The summed E-state index contributed by atoms with van der Waals surface area (Å²) in [5.74, 6) is 0.774. The molecule has 0 aliphatic heterocycles. The highest BCUT2D eigenvalue weighted by Gasteiger charge is 2.29. The van der Waals surface area contributed by atoms with Gasteiger partial charge in [0.15, 0.2) is 0 Å². The summed E-state index contributed by atoms with van der Waals surface area (Å²) < 4.78 is 3.20. The van der Waals surface area contributed by atoms with Gasteiger partial charge in [-0.3, -0.25) is 4.68 Å². The molecule has 0 radical (unpaired) electrons. The highest BCUT2D eigenvalue weighted by Crippen LogP contribution is 2.38. The molecule has 1 fully saturated rings. The molecule has 0 amide bonds. The second-order valence-corrected chi connectivity index (χ2v) is 6.28. The van der Waals surface area contributed by atoms with Gasteiger partial charge in [-0.15, -0.1) is 11.6 Å². The Kier molecular flexibility index (Phi) is 3.96. The van der Waals surface area contributed by atoms with Crippen molar-refractivity contribution in [3.05, 3.63) is 16.4 Å². The van der Waals surface area contributed by atoms with Crippen molar-refractivity contribution < 1.29 is 0 Å². The Hall–Kier alpha value is -0.0200. The molecular formula is C12H18BrClN2. The van der Waals surface area contributed by atoms with E-state index in [2.05, 4.69) is 39.6 Å². The molecule has 1 heterocycles. The second kappa shape index (κ2) is 5.09. The zero-order chi connectivity index (χ0) is 11.7. The minimum Gasteiger partial charge on any atom is -0.266 e. The molecule has 1 aromatic rings. The summed E-state index contributed by atoms with van der Waals surface area (Å²) >= 11 is 9.90. The smallest absolute Gasteiger partial charge is 0.0635 e. The maximum absolute atomic E-state index is 6.33. The highest BCUT2D eigenvalue weighted by atomic mass is 79.9. The van der Waals surface area contributed by atoms with Gasteiger partial charge in [-0.25, -0.2) is 0 Å². The average Bonchev–Trinajstić information content (AvgIpc) is 3.00. The Morgan fingerprint density at radius 3 is 2.81 bits per heavy atom. The average molecular weight is 306 g/mol. The van der Waals surface area contributed by atoms with Crippen molar-refractivity contribution in [2.45, 2.75) is 50.9 Å². The van der Waals surface area contributed by atoms with Crippen LogP contribution in [-0.4, -0.2) is 15.2 Å². The van der Waals surface area contributed by atoms with Crippen LogP contribution >= 0.6 is 27.5 Å². The zero-order valence-electron chi connectivity index (χ0n) is 9.79. The lowest BCUT2D eigenvalue weighted by Gasteiger charge is -2.13. The van der Waals surface area contributed by atoms with Crippen LogP contribution in [0.5, 0.6) is 0 Å². The Labute approximate surface area is 110 Å². The third-order valence-corrected chi connectivity index (χ3v) is 4.36. The Balaban J connectivity index is 1.99. The molecule has 0 N–H and O–H groups in total. The summed E-state index contributed by atoms with van der Waals surface area (Å²) in [5, 5.41) is 4.73. The molecule has 0 aromatic carbocycles. The third-order valence-electron chi connectivity index (χ3n) is 3.13. The van der Waals surface area contributed by atoms with E-state index in [0.717, 1.165) is 23.2 Å². The van der Waals surface area contributed by atoms with Crippen molar-refractivity contribution >= 4 is 27.5 Å². The summed E-state index contributed by atoms with van der Waals surface area (Å²) in [7, 11) is 0. The van der Waals surface area contributed by atoms with Crippen LogP contribution in [0.4, 0.5) is 0 Å². The minimum absolute atomic E-state index is 0.349. The van der Waals surface area contributed by atoms with Gasteiger partial charge in [-0.2, -0.15) is 5.10 Å². The van der Waals surface area contributed by atoms with E-state index < -0.39 is 0 Å². The van der Waals surface area contributed by atoms with Crippen LogP contribution in [-0.2, 0) is 6.42 Å². The number of rotatable bonds is 5. The number of nitrogens with zero attached hydrogens (tertiary/aromatic N) is 2. The molecule has 1 unspecified atom stereocenters. The van der Waals surface area contributed by atoms with Gasteiger partial charge in [0.25, 0.3) is 0 Å². The Morgan fingerprint density at radius 1 is 1.56 bits per heavy atom. The van der Waals surface area contributed by atoms with E-state index in [0.29, 0.717) is 11.4 Å². The van der Waals surface area contributed by atoms with E-state index in [1.54, 1.807) is 0 Å². The summed E-state index contributed by atoms with van der Waals surface area (Å²) in [6, 6.07) is 0.413. The fraction of sp³-hybridized carbons (Fsp3) is 0.750. The first-order valence-corrected chi connectivity index (χ1v) is 7.18. The van der Waals surface area contributed by atoms with Crippen LogP contribution in [0, 0.1) is 5.92 Å². The molecule has 2 rings (SSSR count). The molecule has 0 bridgehead atoms. The lowest BCUT2D eigenvalue weighted by Crippen LogP contribution is -2.10. The van der Waals surface area contributed by atoms with Gasteiger partial charge in [-0.1, -0.05) is 0 Å². The predicted molar refractivity (Wildman–Crippen MR) is 71.0 cm³/mol. The van der Waals surface area contributed by atoms with Gasteiger partial charge in [0, 0.05) is 11.4 Å². The Bertz CT molecular complexity index is 358. The minimum atomic E-state index is 0.349. The van der Waals surface area contributed by atoms with Crippen LogP contribution in [0.25, 0.3) is 0 Å². The van der Waals surface area contributed by atoms with Crippen LogP contribution in [0.3, 0.4) is 0 Å². The van der Waals surface area contributed by atoms with Gasteiger partial charge >= 0.3 is 0 Å². The standard InChI is InChI=1S/C12H18BrClN2/c1-8(2)16-12(10(13)7-15-16)6-5-11(14)9-3-4-9/h7-9,11H,3-6H2,1-2H3. The molecule has 0 saturated heterocycles. The molecule has 1 aliphatic rings. The molecule has 1 saturated carbocycles. The zero-order valence-corrected chi connectivity index (χ0v) is 12.1.